The van der Waals surface area contributed by atoms with Gasteiger partial charge in [0.1, 0.15) is 5.75 Å². The van der Waals surface area contributed by atoms with E-state index in [1.807, 2.05) is 37.5 Å². The van der Waals surface area contributed by atoms with Crippen molar-refractivity contribution in [3.63, 3.8) is 0 Å². The number of carbonyl (C=O) groups excluding carboxylic acids is 2. The van der Waals surface area contributed by atoms with Gasteiger partial charge in [-0.1, -0.05) is 17.7 Å². The van der Waals surface area contributed by atoms with Crippen molar-refractivity contribution < 1.29 is 14.3 Å². The lowest BCUT2D eigenvalue weighted by Crippen LogP contribution is -2.13. The number of rotatable bonds is 10. The maximum absolute atomic E-state index is 12.8. The van der Waals surface area contributed by atoms with Crippen LogP contribution in [0.15, 0.2) is 64.5 Å². The van der Waals surface area contributed by atoms with E-state index in [2.05, 4.69) is 39.2 Å². The lowest BCUT2D eigenvalue weighted by molar-refractivity contribution is -0.111. The van der Waals surface area contributed by atoms with Gasteiger partial charge >= 0.3 is 0 Å². The molecule has 1 amide bonds. The monoisotopic (exact) mass is 502 g/mol. The van der Waals surface area contributed by atoms with E-state index in [0.717, 1.165) is 25.0 Å². The molecule has 7 nitrogen and oxygen atoms in total. The van der Waals surface area contributed by atoms with Crippen molar-refractivity contribution in [2.75, 3.05) is 10.6 Å². The Labute approximate surface area is 215 Å². The van der Waals surface area contributed by atoms with Crippen LogP contribution in [-0.2, 0) is 11.2 Å². The highest BCUT2D eigenvalue weighted by Crippen LogP contribution is 2.36. The molecule has 2 N–H and O–H groups in total. The summed E-state index contributed by atoms with van der Waals surface area (Å²) < 4.78 is 5.98. The third kappa shape index (κ3) is 6.26. The van der Waals surface area contributed by atoms with Crippen molar-refractivity contribution in [2.24, 2.45) is 0 Å². The molecule has 1 aliphatic rings. The average molecular weight is 503 g/mol. The normalized spacial score (nSPS) is 13.2. The molecule has 0 aliphatic heterocycles. The minimum Gasteiger partial charge on any atom is -0.489 e. The molecule has 8 heteroatoms. The second-order valence-electron chi connectivity index (χ2n) is 9.08. The number of benzene rings is 1. The number of carbonyl (C=O) groups is 2. The van der Waals surface area contributed by atoms with Gasteiger partial charge in [-0.15, -0.1) is 10.2 Å². The van der Waals surface area contributed by atoms with Gasteiger partial charge in [-0.3, -0.25) is 9.59 Å². The Morgan fingerprint density at radius 2 is 2.06 bits per heavy atom. The summed E-state index contributed by atoms with van der Waals surface area (Å²) in [6, 6.07) is 5.63. The van der Waals surface area contributed by atoms with E-state index < -0.39 is 0 Å². The summed E-state index contributed by atoms with van der Waals surface area (Å²) in [7, 11) is 0. The molecule has 2 aromatic heterocycles. The van der Waals surface area contributed by atoms with Crippen LogP contribution in [0.25, 0.3) is 10.9 Å². The molecular weight excluding hydrogens is 472 g/mol. The summed E-state index contributed by atoms with van der Waals surface area (Å²) in [6.45, 7) is 7.35. The molecule has 1 aromatic carbocycles. The third-order valence-corrected chi connectivity index (χ3v) is 6.32. The van der Waals surface area contributed by atoms with E-state index in [1.165, 1.54) is 18.1 Å². The minimum absolute atomic E-state index is 0.112. The number of aromatic nitrogens is 2. The number of fused-ring (bicyclic) bond motifs is 1. The van der Waals surface area contributed by atoms with Crippen LogP contribution < -0.4 is 15.4 Å². The highest BCUT2D eigenvalue weighted by Gasteiger charge is 2.20. The van der Waals surface area contributed by atoms with Gasteiger partial charge in [-0.2, -0.15) is 11.3 Å². The molecule has 0 saturated carbocycles. The average Bonchev–Trinajstić information content (AvgIpc) is 3.48. The number of allylic oxidation sites excluding steroid dienone is 4. The third-order valence-electron chi connectivity index (χ3n) is 5.59. The van der Waals surface area contributed by atoms with E-state index >= 15 is 0 Å². The zero-order chi connectivity index (χ0) is 25.7. The number of ketones is 1. The fourth-order valence-corrected chi connectivity index (χ4v) is 4.62. The van der Waals surface area contributed by atoms with Gasteiger partial charge in [0, 0.05) is 30.5 Å². The molecule has 0 bridgehead atoms. The van der Waals surface area contributed by atoms with Crippen molar-refractivity contribution in [2.45, 2.75) is 53.1 Å². The van der Waals surface area contributed by atoms with Crippen LogP contribution in [-0.4, -0.2) is 28.0 Å². The first kappa shape index (κ1) is 25.3. The molecule has 0 saturated heterocycles. The molecule has 186 valence electrons. The molecule has 0 atom stereocenters. The van der Waals surface area contributed by atoms with E-state index in [1.54, 1.807) is 29.5 Å². The molecule has 0 radical (unpaired) electrons. The first-order valence-electron chi connectivity index (χ1n) is 11.9. The Bertz CT molecular complexity index is 1370. The summed E-state index contributed by atoms with van der Waals surface area (Å²) in [5.41, 5.74) is 5.33. The fourth-order valence-electron chi connectivity index (χ4n) is 3.91. The number of thiophene rings is 1. The number of Topliss-reactive ketones (excluding diaryl/α,β-unsaturated/α-hetero) is 1. The number of nitrogens with zero attached hydrogens (tertiary/aromatic N) is 2. The maximum Gasteiger partial charge on any atom is 0.248 e. The molecule has 0 unspecified atom stereocenters. The number of anilines is 2. The predicted octanol–water partition coefficient (Wildman–Crippen LogP) is 6.45. The second-order valence-corrected chi connectivity index (χ2v) is 9.86. The van der Waals surface area contributed by atoms with Crippen LogP contribution in [0.5, 0.6) is 5.75 Å². The fraction of sp³-hybridized carbons (Fsp3) is 0.286. The van der Waals surface area contributed by atoms with Crippen molar-refractivity contribution in [1.82, 2.24) is 10.2 Å². The van der Waals surface area contributed by atoms with Crippen molar-refractivity contribution in [1.29, 1.82) is 0 Å². The number of amides is 1. The van der Waals surface area contributed by atoms with Gasteiger partial charge in [0.25, 0.3) is 0 Å². The minimum atomic E-state index is -0.255. The lowest BCUT2D eigenvalue weighted by atomic mass is 10.1. The molecule has 4 rings (SSSR count). The highest BCUT2D eigenvalue weighted by molar-refractivity contribution is 7.07. The van der Waals surface area contributed by atoms with Crippen LogP contribution >= 0.6 is 11.3 Å². The molecule has 0 spiro atoms. The molecule has 36 heavy (non-hydrogen) atoms. The van der Waals surface area contributed by atoms with E-state index in [4.69, 9.17) is 4.74 Å². The largest absolute Gasteiger partial charge is 0.489 e. The standard InChI is InChI=1S/C28H30N4O3S/c1-17(2)35-25-15-23-22(14-24(25)30-26(34)8-6-5-7-20-11-12-36-16-20)28(27(19(4)33)32-31-23)29-21-10-9-18(3)13-21/h6,8-12,14-17H,5,7,13H2,1-4H3,(H,29,31)(H,30,34)/b8-6+. The summed E-state index contributed by atoms with van der Waals surface area (Å²) in [5, 5.41) is 19.6. The van der Waals surface area contributed by atoms with Gasteiger partial charge in [-0.25, -0.2) is 0 Å². The number of nitrogens with one attached hydrogen (secondary N) is 2. The number of hydrogen-bond acceptors (Lipinski definition) is 7. The Morgan fingerprint density at radius 3 is 2.72 bits per heavy atom. The topological polar surface area (TPSA) is 93.2 Å². The first-order valence-corrected chi connectivity index (χ1v) is 12.9. The molecule has 3 aromatic rings. The van der Waals surface area contributed by atoms with Gasteiger partial charge < -0.3 is 15.4 Å². The van der Waals surface area contributed by atoms with Crippen molar-refractivity contribution in [3.8, 4) is 5.75 Å². The van der Waals surface area contributed by atoms with Gasteiger partial charge in [0.2, 0.25) is 5.91 Å². The van der Waals surface area contributed by atoms with Crippen LogP contribution in [0.2, 0.25) is 0 Å². The van der Waals surface area contributed by atoms with E-state index in [-0.39, 0.29) is 23.5 Å². The Morgan fingerprint density at radius 1 is 1.22 bits per heavy atom. The Balaban J connectivity index is 1.65. The number of hydrogen-bond donors (Lipinski definition) is 2. The van der Waals surface area contributed by atoms with Crippen molar-refractivity contribution >= 4 is 45.3 Å². The number of ether oxygens (including phenoxy) is 1. The summed E-state index contributed by atoms with van der Waals surface area (Å²) >= 11 is 1.67. The molecule has 2 heterocycles. The summed E-state index contributed by atoms with van der Waals surface area (Å²) in [4.78, 5) is 25.1. The second kappa shape index (κ2) is 11.3. The molecule has 1 aliphatic carbocycles. The lowest BCUT2D eigenvalue weighted by Gasteiger charge is -2.18. The van der Waals surface area contributed by atoms with Crippen LogP contribution in [0.3, 0.4) is 0 Å². The first-order chi connectivity index (χ1) is 17.3. The maximum atomic E-state index is 12.8. The predicted molar refractivity (Wildman–Crippen MR) is 146 cm³/mol. The highest BCUT2D eigenvalue weighted by atomic mass is 32.1. The van der Waals surface area contributed by atoms with Crippen LogP contribution in [0.4, 0.5) is 11.4 Å². The van der Waals surface area contributed by atoms with Crippen LogP contribution in [0.1, 0.15) is 56.6 Å². The molecular formula is C28H30N4O3S. The van der Waals surface area contributed by atoms with Crippen LogP contribution in [0, 0.1) is 0 Å². The van der Waals surface area contributed by atoms with E-state index in [0.29, 0.717) is 28.0 Å². The SMILES string of the molecule is CC(=O)c1nnc2cc(OC(C)C)c(NC(=O)/C=C/CCc3ccsc3)cc2c1NC1=CC=C(C)C1. The smallest absolute Gasteiger partial charge is 0.248 e. The Hall–Kier alpha value is -3.78. The van der Waals surface area contributed by atoms with Gasteiger partial charge in [-0.05, 0) is 74.2 Å². The number of aryl methyl sites for hydroxylation is 1. The summed E-state index contributed by atoms with van der Waals surface area (Å²) in [5.74, 6) is 0.0395. The quantitative estimate of drug-likeness (QED) is 0.244. The van der Waals surface area contributed by atoms with Gasteiger partial charge in [0.15, 0.2) is 11.5 Å². The zero-order valence-corrected chi connectivity index (χ0v) is 21.7. The Kier molecular flexibility index (Phi) is 7.95. The van der Waals surface area contributed by atoms with Gasteiger partial charge in [0.05, 0.1) is 23.0 Å². The molecule has 0 fully saturated rings. The zero-order valence-electron chi connectivity index (χ0n) is 20.9. The summed E-state index contributed by atoms with van der Waals surface area (Å²) in [6.07, 6.45) is 9.74. The van der Waals surface area contributed by atoms with E-state index in [9.17, 15) is 9.59 Å². The van der Waals surface area contributed by atoms with Crippen molar-refractivity contribution in [3.05, 3.63) is 75.8 Å².